The predicted octanol–water partition coefficient (Wildman–Crippen LogP) is 3.56. The van der Waals surface area contributed by atoms with E-state index in [1.54, 1.807) is 6.07 Å². The molecule has 0 aliphatic carbocycles. The molecule has 0 aromatic heterocycles. The quantitative estimate of drug-likeness (QED) is 0.931. The van der Waals surface area contributed by atoms with E-state index in [0.717, 1.165) is 29.9 Å². The lowest BCUT2D eigenvalue weighted by molar-refractivity contribution is -0.117. The standard InChI is InChI=1S/C17H17FN2O/c18-14-5-1-4-13(10-14)12-19-15-6-2-7-16(11-15)20-9-3-8-17(20)21/h1-2,4-7,10-11,19H,3,8-9,12H2. The minimum atomic E-state index is -0.231. The minimum absolute atomic E-state index is 0.178. The maximum absolute atomic E-state index is 13.1. The summed E-state index contributed by atoms with van der Waals surface area (Å²) in [6.45, 7) is 1.33. The molecular weight excluding hydrogens is 267 g/mol. The molecule has 1 amide bonds. The number of benzene rings is 2. The van der Waals surface area contributed by atoms with Crippen molar-refractivity contribution in [3.63, 3.8) is 0 Å². The van der Waals surface area contributed by atoms with Crippen molar-refractivity contribution in [2.24, 2.45) is 0 Å². The van der Waals surface area contributed by atoms with Crippen molar-refractivity contribution in [3.05, 3.63) is 59.9 Å². The second-order valence-corrected chi connectivity index (χ2v) is 5.18. The largest absolute Gasteiger partial charge is 0.381 e. The van der Waals surface area contributed by atoms with Crippen LogP contribution < -0.4 is 10.2 Å². The summed E-state index contributed by atoms with van der Waals surface area (Å²) in [5.74, 6) is -0.0528. The first-order valence-electron chi connectivity index (χ1n) is 7.11. The Hall–Kier alpha value is -2.36. The molecule has 0 radical (unpaired) electrons. The number of halogens is 1. The molecule has 3 nitrogen and oxygen atoms in total. The van der Waals surface area contributed by atoms with Crippen LogP contribution in [0.25, 0.3) is 0 Å². The monoisotopic (exact) mass is 284 g/mol. The molecule has 21 heavy (non-hydrogen) atoms. The van der Waals surface area contributed by atoms with E-state index >= 15 is 0 Å². The lowest BCUT2D eigenvalue weighted by Crippen LogP contribution is -2.23. The van der Waals surface area contributed by atoms with E-state index in [4.69, 9.17) is 0 Å². The SMILES string of the molecule is O=C1CCCN1c1cccc(NCc2cccc(F)c2)c1. The van der Waals surface area contributed by atoms with Crippen LogP contribution in [0.15, 0.2) is 48.5 Å². The van der Waals surface area contributed by atoms with Gasteiger partial charge in [-0.1, -0.05) is 18.2 Å². The Labute approximate surface area is 123 Å². The van der Waals surface area contributed by atoms with Crippen molar-refractivity contribution in [2.75, 3.05) is 16.8 Å². The zero-order valence-electron chi connectivity index (χ0n) is 11.7. The van der Waals surface area contributed by atoms with Crippen LogP contribution in [0.3, 0.4) is 0 Å². The molecule has 108 valence electrons. The topological polar surface area (TPSA) is 32.3 Å². The van der Waals surface area contributed by atoms with Gasteiger partial charge in [0, 0.05) is 30.9 Å². The highest BCUT2D eigenvalue weighted by atomic mass is 19.1. The number of anilines is 2. The second-order valence-electron chi connectivity index (χ2n) is 5.18. The van der Waals surface area contributed by atoms with Crippen LogP contribution in [0, 0.1) is 5.82 Å². The number of amides is 1. The molecule has 0 bridgehead atoms. The molecule has 2 aromatic rings. The number of carbonyl (C=O) groups is 1. The van der Waals surface area contributed by atoms with Crippen molar-refractivity contribution in [1.29, 1.82) is 0 Å². The van der Waals surface area contributed by atoms with Crippen LogP contribution in [0.2, 0.25) is 0 Å². The molecule has 0 saturated carbocycles. The zero-order chi connectivity index (χ0) is 14.7. The number of hydrogen-bond donors (Lipinski definition) is 1. The summed E-state index contributed by atoms with van der Waals surface area (Å²) >= 11 is 0. The maximum Gasteiger partial charge on any atom is 0.227 e. The fourth-order valence-electron chi connectivity index (χ4n) is 2.56. The van der Waals surface area contributed by atoms with Crippen LogP contribution in [0.5, 0.6) is 0 Å². The molecule has 1 N–H and O–H groups in total. The first kappa shape index (κ1) is 13.6. The Kier molecular flexibility index (Phi) is 3.86. The third-order valence-electron chi connectivity index (χ3n) is 3.62. The molecule has 3 rings (SSSR count). The Balaban J connectivity index is 1.70. The van der Waals surface area contributed by atoms with Crippen molar-refractivity contribution >= 4 is 17.3 Å². The van der Waals surface area contributed by atoms with Crippen LogP contribution in [0.1, 0.15) is 18.4 Å². The number of nitrogens with zero attached hydrogens (tertiary/aromatic N) is 1. The van der Waals surface area contributed by atoms with Gasteiger partial charge in [-0.2, -0.15) is 0 Å². The molecule has 1 aliphatic heterocycles. The van der Waals surface area contributed by atoms with E-state index in [9.17, 15) is 9.18 Å². The summed E-state index contributed by atoms with van der Waals surface area (Å²) in [6, 6.07) is 14.3. The van der Waals surface area contributed by atoms with Crippen molar-refractivity contribution in [1.82, 2.24) is 0 Å². The van der Waals surface area contributed by atoms with Gasteiger partial charge >= 0.3 is 0 Å². The van der Waals surface area contributed by atoms with Gasteiger partial charge in [0.1, 0.15) is 5.82 Å². The van der Waals surface area contributed by atoms with Gasteiger partial charge in [-0.05, 0) is 42.3 Å². The smallest absolute Gasteiger partial charge is 0.227 e. The Morgan fingerprint density at radius 3 is 2.76 bits per heavy atom. The highest BCUT2D eigenvalue weighted by Gasteiger charge is 2.21. The Morgan fingerprint density at radius 2 is 2.00 bits per heavy atom. The zero-order valence-corrected chi connectivity index (χ0v) is 11.7. The minimum Gasteiger partial charge on any atom is -0.381 e. The van der Waals surface area contributed by atoms with Gasteiger partial charge in [0.15, 0.2) is 0 Å². The van der Waals surface area contributed by atoms with Crippen LogP contribution in [0.4, 0.5) is 15.8 Å². The number of hydrogen-bond acceptors (Lipinski definition) is 2. The van der Waals surface area contributed by atoms with E-state index in [0.29, 0.717) is 13.0 Å². The van der Waals surface area contributed by atoms with Crippen molar-refractivity contribution in [3.8, 4) is 0 Å². The van der Waals surface area contributed by atoms with E-state index in [2.05, 4.69) is 5.32 Å². The summed E-state index contributed by atoms with van der Waals surface area (Å²) in [4.78, 5) is 13.6. The summed E-state index contributed by atoms with van der Waals surface area (Å²) in [5.41, 5.74) is 2.73. The molecule has 0 unspecified atom stereocenters. The van der Waals surface area contributed by atoms with Crippen LogP contribution >= 0.6 is 0 Å². The third kappa shape index (κ3) is 3.21. The van der Waals surface area contributed by atoms with E-state index in [1.165, 1.54) is 12.1 Å². The van der Waals surface area contributed by atoms with E-state index in [-0.39, 0.29) is 11.7 Å². The summed E-state index contributed by atoms with van der Waals surface area (Å²) in [6.07, 6.45) is 1.54. The first-order chi connectivity index (χ1) is 10.2. The Bertz CT molecular complexity index is 657. The molecule has 2 aromatic carbocycles. The summed E-state index contributed by atoms with van der Waals surface area (Å²) in [5, 5.41) is 3.26. The molecule has 1 saturated heterocycles. The Morgan fingerprint density at radius 1 is 1.14 bits per heavy atom. The first-order valence-corrected chi connectivity index (χ1v) is 7.11. The maximum atomic E-state index is 13.1. The summed E-state index contributed by atoms with van der Waals surface area (Å²) < 4.78 is 13.1. The van der Waals surface area contributed by atoms with Crippen molar-refractivity contribution < 1.29 is 9.18 Å². The second kappa shape index (κ2) is 5.95. The lowest BCUT2D eigenvalue weighted by atomic mass is 10.2. The highest BCUT2D eigenvalue weighted by Crippen LogP contribution is 2.24. The number of nitrogens with one attached hydrogen (secondary N) is 1. The molecular formula is C17H17FN2O. The summed E-state index contributed by atoms with van der Waals surface area (Å²) in [7, 11) is 0. The van der Waals surface area contributed by atoms with Gasteiger partial charge in [0.25, 0.3) is 0 Å². The van der Waals surface area contributed by atoms with Crippen LogP contribution in [-0.4, -0.2) is 12.5 Å². The van der Waals surface area contributed by atoms with E-state index < -0.39 is 0 Å². The van der Waals surface area contributed by atoms with Crippen LogP contribution in [-0.2, 0) is 11.3 Å². The third-order valence-corrected chi connectivity index (χ3v) is 3.62. The van der Waals surface area contributed by atoms with Gasteiger partial charge < -0.3 is 10.2 Å². The van der Waals surface area contributed by atoms with Gasteiger partial charge in [-0.3, -0.25) is 4.79 Å². The number of carbonyl (C=O) groups excluding carboxylic acids is 1. The van der Waals surface area contributed by atoms with Crippen molar-refractivity contribution in [2.45, 2.75) is 19.4 Å². The number of rotatable bonds is 4. The molecule has 0 spiro atoms. The molecule has 0 atom stereocenters. The predicted molar refractivity (Wildman–Crippen MR) is 81.8 cm³/mol. The lowest BCUT2D eigenvalue weighted by Gasteiger charge is -2.17. The van der Waals surface area contributed by atoms with E-state index in [1.807, 2.05) is 35.2 Å². The fraction of sp³-hybridized carbons (Fsp3) is 0.235. The molecule has 1 aliphatic rings. The van der Waals surface area contributed by atoms with Gasteiger partial charge in [0.05, 0.1) is 0 Å². The normalized spacial score (nSPS) is 14.5. The molecule has 1 heterocycles. The fourth-order valence-corrected chi connectivity index (χ4v) is 2.56. The average Bonchev–Trinajstić information content (AvgIpc) is 2.92. The molecule has 4 heteroatoms. The van der Waals surface area contributed by atoms with Gasteiger partial charge in [-0.25, -0.2) is 4.39 Å². The van der Waals surface area contributed by atoms with Gasteiger partial charge in [0.2, 0.25) is 5.91 Å². The average molecular weight is 284 g/mol. The van der Waals surface area contributed by atoms with Gasteiger partial charge in [-0.15, -0.1) is 0 Å². The highest BCUT2D eigenvalue weighted by molar-refractivity contribution is 5.95. The molecule has 1 fully saturated rings.